The third-order valence-corrected chi connectivity index (χ3v) is 6.73. The Labute approximate surface area is 174 Å². The van der Waals surface area contributed by atoms with Crippen LogP contribution in [0.3, 0.4) is 0 Å². The zero-order valence-corrected chi connectivity index (χ0v) is 17.2. The molecule has 2 fully saturated rings. The van der Waals surface area contributed by atoms with E-state index in [-0.39, 0.29) is 11.4 Å². The quantitative estimate of drug-likeness (QED) is 0.716. The van der Waals surface area contributed by atoms with Gasteiger partial charge < -0.3 is 19.4 Å². The SMILES string of the molecule is Cc1nc(NC2(C)CC2)c2c(C(=O)N3CCC4(C3)OCc3ccccc34)coc2n1. The summed E-state index contributed by atoms with van der Waals surface area (Å²) >= 11 is 0. The van der Waals surface area contributed by atoms with E-state index in [9.17, 15) is 4.79 Å². The molecule has 1 N–H and O–H groups in total. The second kappa shape index (κ2) is 6.04. The molecule has 2 aromatic heterocycles. The molecule has 1 amide bonds. The Morgan fingerprint density at radius 1 is 1.20 bits per heavy atom. The lowest BCUT2D eigenvalue weighted by Crippen LogP contribution is -2.34. The summed E-state index contributed by atoms with van der Waals surface area (Å²) in [6.07, 6.45) is 4.49. The number of ether oxygens (including phenoxy) is 1. The van der Waals surface area contributed by atoms with Crippen LogP contribution in [0.25, 0.3) is 11.1 Å². The standard InChI is InChI=1S/C23H24N4O3/c1-14-24-19(26-22(2)7-8-22)18-16(12-29-20(18)25-14)21(28)27-10-9-23(13-27)17-6-4-3-5-15(17)11-30-23/h3-6,12H,7-11,13H2,1-2H3,(H,24,25,26). The van der Waals surface area contributed by atoms with Gasteiger partial charge in [0, 0.05) is 12.1 Å². The van der Waals surface area contributed by atoms with Crippen molar-refractivity contribution in [3.8, 4) is 0 Å². The first-order valence-electron chi connectivity index (χ1n) is 10.5. The van der Waals surface area contributed by atoms with Crippen molar-refractivity contribution in [2.45, 2.75) is 50.9 Å². The number of nitrogens with zero attached hydrogens (tertiary/aromatic N) is 3. The number of anilines is 1. The molecule has 1 spiro atoms. The van der Waals surface area contributed by atoms with Gasteiger partial charge in [-0.05, 0) is 44.2 Å². The molecular formula is C23H24N4O3. The number of rotatable bonds is 3. The molecule has 1 saturated carbocycles. The minimum atomic E-state index is -0.401. The third-order valence-electron chi connectivity index (χ3n) is 6.73. The second-order valence-electron chi connectivity index (χ2n) is 9.05. The van der Waals surface area contributed by atoms with Gasteiger partial charge in [-0.2, -0.15) is 4.98 Å². The van der Waals surface area contributed by atoms with Crippen molar-refractivity contribution in [2.24, 2.45) is 0 Å². The summed E-state index contributed by atoms with van der Waals surface area (Å²) in [7, 11) is 0. The molecule has 2 aliphatic heterocycles. The van der Waals surface area contributed by atoms with Gasteiger partial charge in [0.25, 0.3) is 5.91 Å². The molecule has 3 aromatic rings. The van der Waals surface area contributed by atoms with E-state index in [1.54, 1.807) is 0 Å². The summed E-state index contributed by atoms with van der Waals surface area (Å²) in [6.45, 7) is 5.79. The highest BCUT2D eigenvalue weighted by molar-refractivity contribution is 6.09. The van der Waals surface area contributed by atoms with E-state index in [2.05, 4.69) is 34.3 Å². The largest absolute Gasteiger partial charge is 0.445 e. The van der Waals surface area contributed by atoms with Gasteiger partial charge in [-0.3, -0.25) is 4.79 Å². The summed E-state index contributed by atoms with van der Waals surface area (Å²) in [5.74, 6) is 1.25. The summed E-state index contributed by atoms with van der Waals surface area (Å²) in [4.78, 5) is 24.4. The van der Waals surface area contributed by atoms with Gasteiger partial charge in [0.05, 0.1) is 24.1 Å². The normalized spacial score (nSPS) is 23.9. The number of fused-ring (bicyclic) bond motifs is 3. The Bertz CT molecular complexity index is 1180. The van der Waals surface area contributed by atoms with Crippen molar-refractivity contribution < 1.29 is 13.9 Å². The Morgan fingerprint density at radius 3 is 2.87 bits per heavy atom. The van der Waals surface area contributed by atoms with E-state index in [0.717, 1.165) is 19.3 Å². The van der Waals surface area contributed by atoms with E-state index < -0.39 is 5.60 Å². The fourth-order valence-electron chi connectivity index (χ4n) is 4.74. The number of hydrogen-bond acceptors (Lipinski definition) is 6. The molecule has 0 radical (unpaired) electrons. The molecule has 30 heavy (non-hydrogen) atoms. The van der Waals surface area contributed by atoms with Crippen LogP contribution < -0.4 is 5.32 Å². The molecule has 4 heterocycles. The number of aromatic nitrogens is 2. The van der Waals surface area contributed by atoms with Crippen LogP contribution in [0.5, 0.6) is 0 Å². The van der Waals surface area contributed by atoms with Crippen LogP contribution in [0.15, 0.2) is 34.9 Å². The van der Waals surface area contributed by atoms with Crippen molar-refractivity contribution in [3.05, 3.63) is 53.0 Å². The number of furan rings is 1. The Balaban J connectivity index is 1.34. The Morgan fingerprint density at radius 2 is 2.03 bits per heavy atom. The first kappa shape index (κ1) is 17.9. The highest BCUT2D eigenvalue weighted by Crippen LogP contribution is 2.44. The predicted molar refractivity (Wildman–Crippen MR) is 111 cm³/mol. The molecule has 6 rings (SSSR count). The number of aryl methyl sites for hydroxylation is 1. The maximum absolute atomic E-state index is 13.5. The third kappa shape index (κ3) is 2.65. The number of likely N-dealkylation sites (tertiary alicyclic amines) is 1. The molecular weight excluding hydrogens is 380 g/mol. The fraction of sp³-hybridized carbons (Fsp3) is 0.435. The van der Waals surface area contributed by atoms with Crippen LogP contribution in [0, 0.1) is 6.92 Å². The van der Waals surface area contributed by atoms with Crippen molar-refractivity contribution in [1.82, 2.24) is 14.9 Å². The monoisotopic (exact) mass is 404 g/mol. The molecule has 154 valence electrons. The van der Waals surface area contributed by atoms with Crippen molar-refractivity contribution in [2.75, 3.05) is 18.4 Å². The van der Waals surface area contributed by atoms with Gasteiger partial charge in [-0.1, -0.05) is 24.3 Å². The van der Waals surface area contributed by atoms with Crippen LogP contribution in [0.4, 0.5) is 5.82 Å². The topological polar surface area (TPSA) is 80.5 Å². The number of amides is 1. The molecule has 7 nitrogen and oxygen atoms in total. The molecule has 1 unspecified atom stereocenters. The maximum atomic E-state index is 13.5. The molecule has 7 heteroatoms. The zero-order chi connectivity index (χ0) is 20.5. The van der Waals surface area contributed by atoms with Crippen LogP contribution >= 0.6 is 0 Å². The number of carbonyl (C=O) groups excluding carboxylic acids is 1. The van der Waals surface area contributed by atoms with Gasteiger partial charge >= 0.3 is 0 Å². The Kier molecular flexibility index (Phi) is 3.60. The van der Waals surface area contributed by atoms with Gasteiger partial charge in [-0.15, -0.1) is 0 Å². The van der Waals surface area contributed by atoms with Crippen molar-refractivity contribution in [1.29, 1.82) is 0 Å². The average molecular weight is 404 g/mol. The summed E-state index contributed by atoms with van der Waals surface area (Å²) in [5, 5.41) is 4.18. The smallest absolute Gasteiger partial charge is 0.258 e. The molecule has 1 saturated heterocycles. The lowest BCUT2D eigenvalue weighted by molar-refractivity contribution is -0.0282. The Hall–Kier alpha value is -2.93. The lowest BCUT2D eigenvalue weighted by Gasteiger charge is -2.24. The van der Waals surface area contributed by atoms with E-state index >= 15 is 0 Å². The molecule has 1 atom stereocenters. The molecule has 3 aliphatic rings. The van der Waals surface area contributed by atoms with Gasteiger partial charge in [0.15, 0.2) is 0 Å². The maximum Gasteiger partial charge on any atom is 0.258 e. The van der Waals surface area contributed by atoms with Crippen molar-refractivity contribution in [3.63, 3.8) is 0 Å². The van der Waals surface area contributed by atoms with Crippen LogP contribution in [0.2, 0.25) is 0 Å². The molecule has 1 aliphatic carbocycles. The summed E-state index contributed by atoms with van der Waals surface area (Å²) in [5.41, 5.74) is 3.02. The van der Waals surface area contributed by atoms with Crippen LogP contribution in [0.1, 0.15) is 53.5 Å². The number of hydrogen-bond donors (Lipinski definition) is 1. The van der Waals surface area contributed by atoms with Gasteiger partial charge in [0.1, 0.15) is 23.5 Å². The zero-order valence-electron chi connectivity index (χ0n) is 17.2. The predicted octanol–water partition coefficient (Wildman–Crippen LogP) is 3.77. The summed E-state index contributed by atoms with van der Waals surface area (Å²) in [6, 6.07) is 8.31. The molecule has 0 bridgehead atoms. The van der Waals surface area contributed by atoms with Crippen LogP contribution in [-0.2, 0) is 16.9 Å². The highest BCUT2D eigenvalue weighted by Gasteiger charge is 2.47. The van der Waals surface area contributed by atoms with Crippen molar-refractivity contribution >= 4 is 22.8 Å². The van der Waals surface area contributed by atoms with Gasteiger partial charge in [-0.25, -0.2) is 4.98 Å². The molecule has 1 aromatic carbocycles. The number of nitrogens with one attached hydrogen (secondary N) is 1. The minimum Gasteiger partial charge on any atom is -0.445 e. The lowest BCUT2D eigenvalue weighted by atomic mass is 9.92. The number of carbonyl (C=O) groups is 1. The second-order valence-corrected chi connectivity index (χ2v) is 9.05. The van der Waals surface area contributed by atoms with E-state index in [1.165, 1.54) is 17.4 Å². The van der Waals surface area contributed by atoms with Gasteiger partial charge in [0.2, 0.25) is 5.71 Å². The van der Waals surface area contributed by atoms with Crippen LogP contribution in [-0.4, -0.2) is 39.4 Å². The minimum absolute atomic E-state index is 0.0322. The fourth-order valence-corrected chi connectivity index (χ4v) is 4.74. The first-order valence-corrected chi connectivity index (χ1v) is 10.5. The number of benzene rings is 1. The van der Waals surface area contributed by atoms with E-state index in [4.69, 9.17) is 9.15 Å². The average Bonchev–Trinajstić information content (AvgIpc) is 3.13. The highest BCUT2D eigenvalue weighted by atomic mass is 16.5. The first-order chi connectivity index (χ1) is 14.5. The summed E-state index contributed by atoms with van der Waals surface area (Å²) < 4.78 is 11.9. The van der Waals surface area contributed by atoms with E-state index in [1.807, 2.05) is 24.0 Å². The van der Waals surface area contributed by atoms with E-state index in [0.29, 0.717) is 48.0 Å².